The molecule has 1 aliphatic rings. The van der Waals surface area contributed by atoms with Gasteiger partial charge >= 0.3 is 0 Å². The summed E-state index contributed by atoms with van der Waals surface area (Å²) in [5, 5.41) is 0. The highest BCUT2D eigenvalue weighted by Gasteiger charge is 2.27. The lowest BCUT2D eigenvalue weighted by Gasteiger charge is -2.22. The van der Waals surface area contributed by atoms with Crippen LogP contribution >= 0.6 is 0 Å². The van der Waals surface area contributed by atoms with E-state index < -0.39 is 30.1 Å². The number of rotatable bonds is 3. The van der Waals surface area contributed by atoms with E-state index in [-0.39, 0.29) is 39.3 Å². The first-order chi connectivity index (χ1) is 9.32. The van der Waals surface area contributed by atoms with Gasteiger partial charge in [-0.05, 0) is 0 Å². The molecule has 0 amide bonds. The van der Waals surface area contributed by atoms with Crippen LogP contribution < -0.4 is 0 Å². The van der Waals surface area contributed by atoms with Crippen LogP contribution in [0.4, 0.5) is 0 Å². The van der Waals surface area contributed by atoms with Crippen molar-refractivity contribution in [3.63, 3.8) is 0 Å². The molecule has 0 radical (unpaired) electrons. The van der Waals surface area contributed by atoms with E-state index in [0.717, 1.165) is 31.7 Å². The molecule has 0 aromatic rings. The van der Waals surface area contributed by atoms with Gasteiger partial charge in [-0.2, -0.15) is 12.9 Å². The van der Waals surface area contributed by atoms with E-state index in [2.05, 4.69) is 0 Å². The van der Waals surface area contributed by atoms with Gasteiger partial charge in [-0.25, -0.2) is 25.3 Å². The smallest absolute Gasteiger partial charge is 0.211 e. The molecule has 0 atom stereocenters. The van der Waals surface area contributed by atoms with Crippen LogP contribution in [-0.4, -0.2) is 96.2 Å². The molecule has 126 valence electrons. The van der Waals surface area contributed by atoms with Gasteiger partial charge in [0, 0.05) is 39.3 Å². The molecule has 9 nitrogen and oxygen atoms in total. The van der Waals surface area contributed by atoms with Crippen molar-refractivity contribution in [1.29, 1.82) is 0 Å². The van der Waals surface area contributed by atoms with Crippen LogP contribution in [0.1, 0.15) is 0 Å². The van der Waals surface area contributed by atoms with Gasteiger partial charge in [-0.3, -0.25) is 0 Å². The summed E-state index contributed by atoms with van der Waals surface area (Å²) in [5.74, 6) is 0. The normalized spacial score (nSPS) is 22.4. The Morgan fingerprint density at radius 2 is 0.619 bits per heavy atom. The molecule has 21 heavy (non-hydrogen) atoms. The molecule has 0 spiro atoms. The maximum absolute atomic E-state index is 11.7. The van der Waals surface area contributed by atoms with Gasteiger partial charge in [0.2, 0.25) is 30.1 Å². The fourth-order valence-electron chi connectivity index (χ4n) is 2.00. The molecule has 1 aliphatic heterocycles. The summed E-state index contributed by atoms with van der Waals surface area (Å²) >= 11 is 0. The Bertz CT molecular complexity index is 562. The Hall–Kier alpha value is -0.270. The SMILES string of the molecule is CS(=O)(=O)N1CCN(S(C)(=O)=O)CCN(S(C)(=O)=O)CC1. The van der Waals surface area contributed by atoms with Gasteiger partial charge in [-0.1, -0.05) is 0 Å². The van der Waals surface area contributed by atoms with Crippen LogP contribution in [-0.2, 0) is 30.1 Å². The molecule has 0 aromatic carbocycles. The Labute approximate surface area is 126 Å². The lowest BCUT2D eigenvalue weighted by molar-refractivity contribution is 0.368. The van der Waals surface area contributed by atoms with Crippen molar-refractivity contribution in [2.45, 2.75) is 0 Å². The highest BCUT2D eigenvalue weighted by molar-refractivity contribution is 7.89. The van der Waals surface area contributed by atoms with Crippen molar-refractivity contribution in [2.75, 3.05) is 58.0 Å². The minimum absolute atomic E-state index is 0.00348. The van der Waals surface area contributed by atoms with E-state index in [9.17, 15) is 25.3 Å². The molecule has 1 saturated heterocycles. The van der Waals surface area contributed by atoms with E-state index in [1.165, 1.54) is 0 Å². The van der Waals surface area contributed by atoms with E-state index in [1.807, 2.05) is 0 Å². The second-order valence-corrected chi connectivity index (χ2v) is 10.9. The third kappa shape index (κ3) is 5.79. The molecule has 0 aliphatic carbocycles. The van der Waals surface area contributed by atoms with E-state index in [4.69, 9.17) is 0 Å². The third-order valence-electron chi connectivity index (χ3n) is 3.20. The minimum atomic E-state index is -3.53. The topological polar surface area (TPSA) is 112 Å². The van der Waals surface area contributed by atoms with Crippen molar-refractivity contribution < 1.29 is 25.3 Å². The van der Waals surface area contributed by atoms with Crippen molar-refractivity contribution >= 4 is 30.1 Å². The lowest BCUT2D eigenvalue weighted by Crippen LogP contribution is -2.40. The van der Waals surface area contributed by atoms with E-state index in [0.29, 0.717) is 0 Å². The molecular weight excluding hydrogens is 342 g/mol. The lowest BCUT2D eigenvalue weighted by atomic mass is 10.5. The molecule has 12 heteroatoms. The Kier molecular flexibility index (Phi) is 5.78. The van der Waals surface area contributed by atoms with E-state index in [1.54, 1.807) is 0 Å². The fraction of sp³-hybridized carbons (Fsp3) is 1.00. The Morgan fingerprint density at radius 3 is 0.714 bits per heavy atom. The molecule has 0 bridgehead atoms. The second kappa shape index (κ2) is 6.46. The summed E-state index contributed by atoms with van der Waals surface area (Å²) in [6.45, 7) is 0.0209. The second-order valence-electron chi connectivity index (χ2n) is 4.99. The summed E-state index contributed by atoms with van der Waals surface area (Å²) in [5.41, 5.74) is 0. The first-order valence-corrected chi connectivity index (χ1v) is 11.7. The van der Waals surface area contributed by atoms with Crippen LogP contribution in [0.2, 0.25) is 0 Å². The van der Waals surface area contributed by atoms with Crippen LogP contribution in [0.5, 0.6) is 0 Å². The molecule has 0 aromatic heterocycles. The maximum atomic E-state index is 11.7. The van der Waals surface area contributed by atoms with Crippen LogP contribution in [0.15, 0.2) is 0 Å². The molecule has 1 fully saturated rings. The summed E-state index contributed by atoms with van der Waals surface area (Å²) in [6, 6.07) is 0. The average Bonchev–Trinajstić information content (AvgIpc) is 2.34. The first-order valence-electron chi connectivity index (χ1n) is 6.17. The monoisotopic (exact) mass is 363 g/mol. The summed E-state index contributed by atoms with van der Waals surface area (Å²) < 4.78 is 73.3. The molecule has 0 unspecified atom stereocenters. The number of hydrogen-bond acceptors (Lipinski definition) is 6. The number of nitrogens with zero attached hydrogens (tertiary/aromatic N) is 3. The Balaban J connectivity index is 3.09. The van der Waals surface area contributed by atoms with Crippen LogP contribution in [0, 0.1) is 0 Å². The van der Waals surface area contributed by atoms with Gasteiger partial charge in [-0.15, -0.1) is 0 Å². The first kappa shape index (κ1) is 18.8. The number of hydrogen-bond donors (Lipinski definition) is 0. The maximum Gasteiger partial charge on any atom is 0.211 e. The molecular formula is C9H21N3O6S3. The van der Waals surface area contributed by atoms with Gasteiger partial charge in [0.15, 0.2) is 0 Å². The van der Waals surface area contributed by atoms with Crippen molar-refractivity contribution in [2.24, 2.45) is 0 Å². The molecule has 0 saturated carbocycles. The van der Waals surface area contributed by atoms with E-state index >= 15 is 0 Å². The minimum Gasteiger partial charge on any atom is -0.213 e. The highest BCUT2D eigenvalue weighted by atomic mass is 32.2. The zero-order valence-electron chi connectivity index (χ0n) is 12.3. The van der Waals surface area contributed by atoms with Crippen LogP contribution in [0.25, 0.3) is 0 Å². The number of sulfonamides is 3. The molecule has 1 rings (SSSR count). The summed E-state index contributed by atoms with van der Waals surface area (Å²) in [4.78, 5) is 0. The predicted molar refractivity (Wildman–Crippen MR) is 79.3 cm³/mol. The standard InChI is InChI=1S/C9H21N3O6S3/c1-19(13,14)10-4-6-11(20(2,15)16)8-9-12(7-5-10)21(3,17)18/h4-9H2,1-3H3. The fourth-order valence-corrected chi connectivity index (χ4v) is 4.48. The zero-order chi connectivity index (χ0) is 16.5. The average molecular weight is 363 g/mol. The summed E-state index contributed by atoms with van der Waals surface area (Å²) in [6.07, 6.45) is 3.04. The quantitative estimate of drug-likeness (QED) is 0.562. The van der Waals surface area contributed by atoms with Gasteiger partial charge < -0.3 is 0 Å². The molecule has 1 heterocycles. The van der Waals surface area contributed by atoms with Crippen molar-refractivity contribution in [3.05, 3.63) is 0 Å². The predicted octanol–water partition coefficient (Wildman–Crippen LogP) is -2.22. The summed E-state index contributed by atoms with van der Waals surface area (Å²) in [7, 11) is -10.6. The molecule has 0 N–H and O–H groups in total. The van der Waals surface area contributed by atoms with Gasteiger partial charge in [0.25, 0.3) is 0 Å². The van der Waals surface area contributed by atoms with Crippen LogP contribution in [0.3, 0.4) is 0 Å². The zero-order valence-corrected chi connectivity index (χ0v) is 14.7. The van der Waals surface area contributed by atoms with Crippen molar-refractivity contribution in [3.8, 4) is 0 Å². The Morgan fingerprint density at radius 1 is 0.476 bits per heavy atom. The largest absolute Gasteiger partial charge is 0.213 e. The van der Waals surface area contributed by atoms with Crippen molar-refractivity contribution in [1.82, 2.24) is 12.9 Å². The van der Waals surface area contributed by atoms with Gasteiger partial charge in [0.05, 0.1) is 18.8 Å². The third-order valence-corrected chi connectivity index (χ3v) is 7.11. The van der Waals surface area contributed by atoms with Gasteiger partial charge in [0.1, 0.15) is 0 Å². The highest BCUT2D eigenvalue weighted by Crippen LogP contribution is 2.08.